The molecule has 0 aromatic carbocycles. The molecule has 6 heteroatoms. The van der Waals surface area contributed by atoms with Gasteiger partial charge >= 0.3 is 0 Å². The molecule has 0 bridgehead atoms. The van der Waals surface area contributed by atoms with Gasteiger partial charge in [0, 0.05) is 13.7 Å². The van der Waals surface area contributed by atoms with Gasteiger partial charge in [0.2, 0.25) is 0 Å². The summed E-state index contributed by atoms with van der Waals surface area (Å²) in [4.78, 5) is 8.94. The molecule has 0 saturated heterocycles. The van der Waals surface area contributed by atoms with Gasteiger partial charge in [-0.1, -0.05) is 25.4 Å². The number of rotatable bonds is 7. The lowest BCUT2D eigenvalue weighted by Crippen LogP contribution is -2.31. The highest BCUT2D eigenvalue weighted by atomic mass is 79.9. The van der Waals surface area contributed by atoms with Gasteiger partial charge in [-0.2, -0.15) is 0 Å². The zero-order valence-corrected chi connectivity index (χ0v) is 14.1. The molecule has 0 amide bonds. The van der Waals surface area contributed by atoms with E-state index in [9.17, 15) is 0 Å². The molecule has 0 atom stereocenters. The number of aromatic nitrogens is 2. The van der Waals surface area contributed by atoms with E-state index in [1.54, 1.807) is 7.11 Å². The molecule has 0 spiro atoms. The van der Waals surface area contributed by atoms with Gasteiger partial charge in [-0.25, -0.2) is 9.97 Å². The van der Waals surface area contributed by atoms with E-state index in [2.05, 4.69) is 39.7 Å². The maximum atomic E-state index is 6.17. The van der Waals surface area contributed by atoms with Gasteiger partial charge in [-0.3, -0.25) is 0 Å². The van der Waals surface area contributed by atoms with Crippen molar-refractivity contribution in [3.8, 4) is 0 Å². The van der Waals surface area contributed by atoms with Crippen LogP contribution < -0.4 is 0 Å². The number of ether oxygens (including phenoxy) is 2. The highest BCUT2D eigenvalue weighted by Gasteiger charge is 2.33. The van der Waals surface area contributed by atoms with E-state index in [0.29, 0.717) is 28.7 Å². The Morgan fingerprint density at radius 1 is 1.21 bits per heavy atom. The molecule has 108 valence electrons. The fourth-order valence-corrected chi connectivity index (χ4v) is 2.49. The summed E-state index contributed by atoms with van der Waals surface area (Å²) in [5.41, 5.74) is 0.255. The van der Waals surface area contributed by atoms with E-state index in [0.717, 1.165) is 18.5 Å². The molecule has 0 unspecified atom stereocenters. The lowest BCUT2D eigenvalue weighted by Gasteiger charge is -2.30. The first-order valence-corrected chi connectivity index (χ1v) is 7.57. The minimum atomic E-state index is -0.485. The molecular weight excluding hydrogens is 332 g/mol. The van der Waals surface area contributed by atoms with Gasteiger partial charge in [0.15, 0.2) is 5.82 Å². The second kappa shape index (κ2) is 7.53. The number of nitrogens with zero attached hydrogens (tertiary/aromatic N) is 2. The van der Waals surface area contributed by atoms with E-state index in [1.165, 1.54) is 0 Å². The number of halogens is 2. The van der Waals surface area contributed by atoms with Crippen molar-refractivity contribution < 1.29 is 9.47 Å². The third-order valence-electron chi connectivity index (χ3n) is 3.13. The molecule has 1 heterocycles. The van der Waals surface area contributed by atoms with Crippen molar-refractivity contribution in [2.24, 2.45) is 0 Å². The van der Waals surface area contributed by atoms with Gasteiger partial charge in [0.1, 0.15) is 10.8 Å². The summed E-state index contributed by atoms with van der Waals surface area (Å²) in [5.74, 6) is 0.625. The van der Waals surface area contributed by atoms with Crippen molar-refractivity contribution in [2.75, 3.05) is 13.7 Å². The molecule has 1 aromatic rings. The van der Waals surface area contributed by atoms with Gasteiger partial charge < -0.3 is 9.47 Å². The quantitative estimate of drug-likeness (QED) is 0.694. The minimum absolute atomic E-state index is 0.380. The van der Waals surface area contributed by atoms with E-state index in [-0.39, 0.29) is 0 Å². The maximum absolute atomic E-state index is 6.17. The topological polar surface area (TPSA) is 44.2 Å². The van der Waals surface area contributed by atoms with Crippen LogP contribution in [0, 0.1) is 0 Å². The standard InChI is InChI=1S/C13H20BrClN2O2/c1-5-13(6-2,19-7-3)12-16-9(8-18-4)10(14)11(15)17-12/h5-8H2,1-4H3. The first kappa shape index (κ1) is 16.8. The van der Waals surface area contributed by atoms with Crippen LogP contribution in [-0.2, 0) is 21.7 Å². The second-order valence-electron chi connectivity index (χ2n) is 4.17. The molecule has 1 rings (SSSR count). The highest BCUT2D eigenvalue weighted by Crippen LogP contribution is 2.34. The monoisotopic (exact) mass is 350 g/mol. The predicted molar refractivity (Wildman–Crippen MR) is 79.3 cm³/mol. The van der Waals surface area contributed by atoms with Gasteiger partial charge in [0.05, 0.1) is 16.8 Å². The number of hydrogen-bond donors (Lipinski definition) is 0. The lowest BCUT2D eigenvalue weighted by molar-refractivity contribution is -0.0574. The molecular formula is C13H20BrClN2O2. The summed E-state index contributed by atoms with van der Waals surface area (Å²) >= 11 is 9.55. The van der Waals surface area contributed by atoms with Gasteiger partial charge in [-0.15, -0.1) is 0 Å². The van der Waals surface area contributed by atoms with Gasteiger partial charge in [0.25, 0.3) is 0 Å². The Bertz CT molecular complexity index is 425. The fraction of sp³-hybridized carbons (Fsp3) is 0.692. The Morgan fingerprint density at radius 2 is 1.84 bits per heavy atom. The Labute approximate surface area is 128 Å². The Hall–Kier alpha value is -0.230. The van der Waals surface area contributed by atoms with Crippen LogP contribution in [0.1, 0.15) is 45.1 Å². The molecule has 0 aliphatic heterocycles. The van der Waals surface area contributed by atoms with Crippen LogP contribution in [0.3, 0.4) is 0 Å². The minimum Gasteiger partial charge on any atom is -0.378 e. The van der Waals surface area contributed by atoms with E-state index in [1.807, 2.05) is 6.92 Å². The van der Waals surface area contributed by atoms with E-state index < -0.39 is 5.60 Å². The highest BCUT2D eigenvalue weighted by molar-refractivity contribution is 9.10. The van der Waals surface area contributed by atoms with Crippen LogP contribution in [0.5, 0.6) is 0 Å². The molecule has 0 fully saturated rings. The first-order chi connectivity index (χ1) is 9.04. The summed E-state index contributed by atoms with van der Waals surface area (Å²) in [6, 6.07) is 0. The third-order valence-corrected chi connectivity index (χ3v) is 4.47. The Morgan fingerprint density at radius 3 is 2.32 bits per heavy atom. The average molecular weight is 352 g/mol. The molecule has 0 radical (unpaired) electrons. The molecule has 0 N–H and O–H groups in total. The summed E-state index contributed by atoms with van der Waals surface area (Å²) in [6.07, 6.45) is 1.59. The second-order valence-corrected chi connectivity index (χ2v) is 5.32. The van der Waals surface area contributed by atoms with Crippen LogP contribution in [0.4, 0.5) is 0 Å². The molecule has 0 saturated carbocycles. The number of hydrogen-bond acceptors (Lipinski definition) is 4. The SMILES string of the molecule is CCOC(CC)(CC)c1nc(Cl)c(Br)c(COC)n1. The van der Waals surface area contributed by atoms with Crippen LogP contribution in [0.25, 0.3) is 0 Å². The summed E-state index contributed by atoms with van der Waals surface area (Å²) in [6.45, 7) is 7.09. The van der Waals surface area contributed by atoms with Crippen LogP contribution >= 0.6 is 27.5 Å². The molecule has 4 nitrogen and oxygen atoms in total. The van der Waals surface area contributed by atoms with Crippen LogP contribution in [0.15, 0.2) is 4.47 Å². The van der Waals surface area contributed by atoms with Crippen molar-refractivity contribution >= 4 is 27.5 Å². The molecule has 0 aliphatic carbocycles. The van der Waals surface area contributed by atoms with Crippen molar-refractivity contribution in [3.63, 3.8) is 0 Å². The van der Waals surface area contributed by atoms with Crippen LogP contribution in [-0.4, -0.2) is 23.7 Å². The molecule has 0 aliphatic rings. The summed E-state index contributed by atoms with van der Waals surface area (Å²) in [7, 11) is 1.62. The zero-order chi connectivity index (χ0) is 14.5. The summed E-state index contributed by atoms with van der Waals surface area (Å²) < 4.78 is 11.7. The van der Waals surface area contributed by atoms with E-state index in [4.69, 9.17) is 21.1 Å². The fourth-order valence-electron chi connectivity index (χ4n) is 2.01. The smallest absolute Gasteiger partial charge is 0.162 e. The van der Waals surface area contributed by atoms with E-state index >= 15 is 0 Å². The Kier molecular flexibility index (Phi) is 6.66. The van der Waals surface area contributed by atoms with Crippen molar-refractivity contribution in [1.29, 1.82) is 0 Å². The predicted octanol–water partition coefficient (Wildman–Crippen LogP) is 4.09. The van der Waals surface area contributed by atoms with Gasteiger partial charge in [-0.05, 0) is 35.7 Å². The van der Waals surface area contributed by atoms with Crippen molar-refractivity contribution in [1.82, 2.24) is 9.97 Å². The van der Waals surface area contributed by atoms with Crippen LogP contribution in [0.2, 0.25) is 5.15 Å². The maximum Gasteiger partial charge on any atom is 0.162 e. The number of methoxy groups -OCH3 is 1. The normalized spacial score (nSPS) is 11.9. The average Bonchev–Trinajstić information content (AvgIpc) is 2.41. The molecule has 1 aromatic heterocycles. The largest absolute Gasteiger partial charge is 0.378 e. The van der Waals surface area contributed by atoms with Crippen molar-refractivity contribution in [2.45, 2.75) is 45.8 Å². The third kappa shape index (κ3) is 3.66. The molecule has 19 heavy (non-hydrogen) atoms. The first-order valence-electron chi connectivity index (χ1n) is 6.39. The summed E-state index contributed by atoms with van der Waals surface area (Å²) in [5, 5.41) is 0.392. The zero-order valence-electron chi connectivity index (χ0n) is 11.8. The van der Waals surface area contributed by atoms with Crippen molar-refractivity contribution in [3.05, 3.63) is 21.1 Å². The lowest BCUT2D eigenvalue weighted by atomic mass is 9.96. The Balaban J connectivity index is 3.31.